The first kappa shape index (κ1) is 21.5. The third-order valence-electron chi connectivity index (χ3n) is 4.88. The van der Waals surface area contributed by atoms with Gasteiger partial charge in [-0.3, -0.25) is 14.4 Å². The van der Waals surface area contributed by atoms with Crippen molar-refractivity contribution >= 4 is 17.6 Å². The van der Waals surface area contributed by atoms with Crippen molar-refractivity contribution in [3.63, 3.8) is 0 Å². The second kappa shape index (κ2) is 10.00. The standard InChI is InChI=1S/C22H25N3O5/c23-11-15-1-5-17(6-2-15)22(29)24-12-16-3-7-18(8-4-16)30-10-9-21(28)25-13-19(26)20(27)14-25/h1-8,19,26H,9-14,23H2,(H,24,29)/t19-/m1/s1. The summed E-state index contributed by atoms with van der Waals surface area (Å²) in [6, 6.07) is 14.4. The summed E-state index contributed by atoms with van der Waals surface area (Å²) in [6.07, 6.45) is -0.950. The number of nitrogens with zero attached hydrogens (tertiary/aromatic N) is 1. The summed E-state index contributed by atoms with van der Waals surface area (Å²) in [7, 11) is 0. The van der Waals surface area contributed by atoms with E-state index in [0.717, 1.165) is 11.1 Å². The minimum absolute atomic E-state index is 0.0441. The van der Waals surface area contributed by atoms with Gasteiger partial charge in [0.25, 0.3) is 5.91 Å². The number of amides is 2. The Morgan fingerprint density at radius 3 is 2.37 bits per heavy atom. The van der Waals surface area contributed by atoms with Crippen molar-refractivity contribution in [2.75, 3.05) is 19.7 Å². The fraction of sp³-hybridized carbons (Fsp3) is 0.318. The summed E-state index contributed by atoms with van der Waals surface area (Å²) in [4.78, 5) is 36.9. The Kier molecular flexibility index (Phi) is 7.16. The lowest BCUT2D eigenvalue weighted by molar-refractivity contribution is -0.132. The lowest BCUT2D eigenvalue weighted by atomic mass is 10.1. The van der Waals surface area contributed by atoms with Gasteiger partial charge in [-0.05, 0) is 35.4 Å². The highest BCUT2D eigenvalue weighted by Crippen LogP contribution is 2.14. The molecule has 0 radical (unpaired) electrons. The third-order valence-corrected chi connectivity index (χ3v) is 4.88. The molecule has 2 amide bonds. The van der Waals surface area contributed by atoms with Crippen molar-refractivity contribution in [3.05, 3.63) is 65.2 Å². The molecule has 1 saturated heterocycles. The highest BCUT2D eigenvalue weighted by molar-refractivity contribution is 5.94. The maximum atomic E-state index is 12.2. The van der Waals surface area contributed by atoms with Gasteiger partial charge in [0.15, 0.2) is 5.78 Å². The topological polar surface area (TPSA) is 122 Å². The van der Waals surface area contributed by atoms with Gasteiger partial charge in [-0.1, -0.05) is 24.3 Å². The first-order valence-electron chi connectivity index (χ1n) is 9.74. The Hall–Kier alpha value is -3.23. The molecule has 0 saturated carbocycles. The lowest BCUT2D eigenvalue weighted by Crippen LogP contribution is -2.30. The molecule has 0 bridgehead atoms. The highest BCUT2D eigenvalue weighted by atomic mass is 16.5. The summed E-state index contributed by atoms with van der Waals surface area (Å²) in [5.41, 5.74) is 8.01. The minimum Gasteiger partial charge on any atom is -0.493 e. The number of aliphatic hydroxyl groups is 1. The van der Waals surface area contributed by atoms with Crippen molar-refractivity contribution < 1.29 is 24.2 Å². The van der Waals surface area contributed by atoms with Gasteiger partial charge in [0.2, 0.25) is 5.91 Å². The molecule has 158 valence electrons. The number of ether oxygens (including phenoxy) is 1. The smallest absolute Gasteiger partial charge is 0.251 e. The molecule has 1 aliphatic rings. The second-order valence-electron chi connectivity index (χ2n) is 7.08. The number of hydrogen-bond acceptors (Lipinski definition) is 6. The van der Waals surface area contributed by atoms with E-state index in [1.54, 1.807) is 24.3 Å². The molecule has 0 aromatic heterocycles. The first-order valence-corrected chi connectivity index (χ1v) is 9.74. The molecule has 8 nitrogen and oxygen atoms in total. The normalized spacial score (nSPS) is 15.9. The molecule has 2 aromatic carbocycles. The number of likely N-dealkylation sites (tertiary alicyclic amines) is 1. The maximum Gasteiger partial charge on any atom is 0.251 e. The fourth-order valence-electron chi connectivity index (χ4n) is 3.05. The Balaban J connectivity index is 1.40. The molecule has 30 heavy (non-hydrogen) atoms. The van der Waals surface area contributed by atoms with E-state index in [1.807, 2.05) is 24.3 Å². The number of Topliss-reactive ketones (excluding diaryl/α,β-unsaturated/α-hetero) is 1. The van der Waals surface area contributed by atoms with Crippen molar-refractivity contribution in [1.82, 2.24) is 10.2 Å². The molecular formula is C22H25N3O5. The summed E-state index contributed by atoms with van der Waals surface area (Å²) >= 11 is 0. The molecule has 1 heterocycles. The largest absolute Gasteiger partial charge is 0.493 e. The van der Waals surface area contributed by atoms with Crippen LogP contribution in [0, 0.1) is 0 Å². The van der Waals surface area contributed by atoms with Crippen LogP contribution in [-0.2, 0) is 22.7 Å². The third kappa shape index (κ3) is 5.65. The zero-order valence-electron chi connectivity index (χ0n) is 16.5. The second-order valence-corrected chi connectivity index (χ2v) is 7.08. The number of hydrogen-bond donors (Lipinski definition) is 3. The quantitative estimate of drug-likeness (QED) is 0.585. The van der Waals surface area contributed by atoms with E-state index in [2.05, 4.69) is 5.32 Å². The number of ketones is 1. The molecule has 0 unspecified atom stereocenters. The average Bonchev–Trinajstić information content (AvgIpc) is 3.11. The number of nitrogens with one attached hydrogen (secondary N) is 1. The van der Waals surface area contributed by atoms with Crippen LogP contribution in [-0.4, -0.2) is 53.4 Å². The molecule has 0 aliphatic carbocycles. The van der Waals surface area contributed by atoms with Gasteiger partial charge in [0.05, 0.1) is 26.1 Å². The van der Waals surface area contributed by atoms with Crippen LogP contribution in [0.2, 0.25) is 0 Å². The molecule has 0 spiro atoms. The van der Waals surface area contributed by atoms with Crippen LogP contribution in [0.1, 0.15) is 27.9 Å². The van der Waals surface area contributed by atoms with Gasteiger partial charge in [0.1, 0.15) is 11.9 Å². The number of carbonyl (C=O) groups excluding carboxylic acids is 3. The summed E-state index contributed by atoms with van der Waals surface area (Å²) in [5.74, 6) is -0.117. The van der Waals surface area contributed by atoms with Crippen LogP contribution in [0.5, 0.6) is 5.75 Å². The number of rotatable bonds is 8. The van der Waals surface area contributed by atoms with Gasteiger partial charge in [-0.25, -0.2) is 0 Å². The summed E-state index contributed by atoms with van der Waals surface area (Å²) < 4.78 is 5.57. The van der Waals surface area contributed by atoms with E-state index in [0.29, 0.717) is 24.4 Å². The van der Waals surface area contributed by atoms with Crippen molar-refractivity contribution in [3.8, 4) is 5.75 Å². The van der Waals surface area contributed by atoms with Crippen molar-refractivity contribution in [2.45, 2.75) is 25.6 Å². The van der Waals surface area contributed by atoms with E-state index in [-0.39, 0.29) is 43.7 Å². The monoisotopic (exact) mass is 411 g/mol. The molecule has 8 heteroatoms. The average molecular weight is 411 g/mol. The molecule has 4 N–H and O–H groups in total. The fourth-order valence-corrected chi connectivity index (χ4v) is 3.05. The van der Waals surface area contributed by atoms with Crippen LogP contribution in [0.4, 0.5) is 0 Å². The predicted octanol–water partition coefficient (Wildman–Crippen LogP) is 0.616. The van der Waals surface area contributed by atoms with Gasteiger partial charge >= 0.3 is 0 Å². The van der Waals surface area contributed by atoms with Crippen LogP contribution in [0.3, 0.4) is 0 Å². The Morgan fingerprint density at radius 2 is 1.77 bits per heavy atom. The van der Waals surface area contributed by atoms with E-state index in [4.69, 9.17) is 10.5 Å². The highest BCUT2D eigenvalue weighted by Gasteiger charge is 2.31. The molecular weight excluding hydrogens is 386 g/mol. The predicted molar refractivity (Wildman–Crippen MR) is 110 cm³/mol. The van der Waals surface area contributed by atoms with E-state index in [1.165, 1.54) is 4.90 Å². The van der Waals surface area contributed by atoms with Gasteiger partial charge in [-0.2, -0.15) is 0 Å². The van der Waals surface area contributed by atoms with E-state index < -0.39 is 6.10 Å². The summed E-state index contributed by atoms with van der Waals surface area (Å²) in [5, 5.41) is 12.3. The first-order chi connectivity index (χ1) is 14.5. The number of nitrogens with two attached hydrogens (primary N) is 1. The van der Waals surface area contributed by atoms with Gasteiger partial charge < -0.3 is 25.8 Å². The van der Waals surface area contributed by atoms with Crippen molar-refractivity contribution in [2.24, 2.45) is 5.73 Å². The zero-order chi connectivity index (χ0) is 21.5. The molecule has 3 rings (SSSR count). The number of aliphatic hydroxyl groups excluding tert-OH is 1. The zero-order valence-corrected chi connectivity index (χ0v) is 16.5. The number of carbonyl (C=O) groups is 3. The van der Waals surface area contributed by atoms with E-state index in [9.17, 15) is 19.5 Å². The summed E-state index contributed by atoms with van der Waals surface area (Å²) in [6.45, 7) is 0.994. The minimum atomic E-state index is -1.08. The lowest BCUT2D eigenvalue weighted by Gasteiger charge is -2.14. The molecule has 2 aromatic rings. The number of benzene rings is 2. The Bertz CT molecular complexity index is 896. The number of β-amino-alcohol motifs (C(OH)–C–C–N with tert-alkyl or cyclic N) is 1. The van der Waals surface area contributed by atoms with Gasteiger partial charge in [0, 0.05) is 18.7 Å². The van der Waals surface area contributed by atoms with E-state index >= 15 is 0 Å². The molecule has 1 atom stereocenters. The van der Waals surface area contributed by atoms with Crippen molar-refractivity contribution in [1.29, 1.82) is 0 Å². The van der Waals surface area contributed by atoms with Gasteiger partial charge in [-0.15, -0.1) is 0 Å². The Labute approximate surface area is 174 Å². The molecule has 1 aliphatic heterocycles. The van der Waals surface area contributed by atoms with Crippen LogP contribution < -0.4 is 15.8 Å². The van der Waals surface area contributed by atoms with Crippen LogP contribution in [0.25, 0.3) is 0 Å². The van der Waals surface area contributed by atoms with Crippen LogP contribution in [0.15, 0.2) is 48.5 Å². The maximum absolute atomic E-state index is 12.2. The molecule has 1 fully saturated rings. The SMILES string of the molecule is NCc1ccc(C(=O)NCc2ccc(OCCC(=O)N3CC(=O)[C@H](O)C3)cc2)cc1. The Morgan fingerprint density at radius 1 is 1.10 bits per heavy atom. The van der Waals surface area contributed by atoms with Crippen LogP contribution >= 0.6 is 0 Å².